The van der Waals surface area contributed by atoms with Crippen LogP contribution in [0.3, 0.4) is 0 Å². The van der Waals surface area contributed by atoms with Gasteiger partial charge in [0.15, 0.2) is 0 Å². The lowest BCUT2D eigenvalue weighted by Crippen LogP contribution is -2.07. The van der Waals surface area contributed by atoms with Crippen molar-refractivity contribution in [3.63, 3.8) is 0 Å². The highest BCUT2D eigenvalue weighted by Gasteiger charge is 2.31. The summed E-state index contributed by atoms with van der Waals surface area (Å²) in [6.45, 7) is 7.99. The molecule has 2 rings (SSSR count). The largest absolute Gasteiger partial charge is 0.416 e. The van der Waals surface area contributed by atoms with E-state index in [0.29, 0.717) is 5.52 Å². The van der Waals surface area contributed by atoms with E-state index in [0.717, 1.165) is 23.5 Å². The zero-order chi connectivity index (χ0) is 14.4. The summed E-state index contributed by atoms with van der Waals surface area (Å²) in [5.74, 6) is 0.994. The van der Waals surface area contributed by atoms with E-state index in [2.05, 4.69) is 4.98 Å². The monoisotopic (exact) mass is 270 g/mol. The topological polar surface area (TPSA) is 17.8 Å². The molecule has 2 nitrogen and oxygen atoms in total. The first kappa shape index (κ1) is 13.9. The molecule has 0 bridgehead atoms. The first-order valence-corrected chi connectivity index (χ1v) is 6.31. The summed E-state index contributed by atoms with van der Waals surface area (Å²) in [6, 6.07) is 3.92. The first-order valence-electron chi connectivity index (χ1n) is 6.31. The standard InChI is InChI=1S/C14H17F3N2/c1-8(2)13-18-11-7-10(14(15,16)17)5-6-12(11)19(13)9(3)4/h5-9H,1-4H3. The molecule has 1 heterocycles. The normalized spacial score (nSPS) is 12.9. The molecule has 104 valence electrons. The fourth-order valence-corrected chi connectivity index (χ4v) is 2.24. The lowest BCUT2D eigenvalue weighted by molar-refractivity contribution is -0.137. The van der Waals surface area contributed by atoms with Crippen LogP contribution in [0, 0.1) is 0 Å². The summed E-state index contributed by atoms with van der Waals surface area (Å²) >= 11 is 0. The van der Waals surface area contributed by atoms with Crippen molar-refractivity contribution in [3.8, 4) is 0 Å². The number of nitrogens with zero attached hydrogens (tertiary/aromatic N) is 2. The maximum atomic E-state index is 12.7. The predicted molar refractivity (Wildman–Crippen MR) is 69.2 cm³/mol. The van der Waals surface area contributed by atoms with Crippen LogP contribution in [0.1, 0.15) is 51.0 Å². The predicted octanol–water partition coefficient (Wildman–Crippen LogP) is 4.76. The zero-order valence-corrected chi connectivity index (χ0v) is 11.4. The van der Waals surface area contributed by atoms with Crippen molar-refractivity contribution in [1.29, 1.82) is 0 Å². The molecule has 0 saturated heterocycles. The number of hydrogen-bond donors (Lipinski definition) is 0. The molecule has 1 aromatic heterocycles. The van der Waals surface area contributed by atoms with Crippen LogP contribution in [0.2, 0.25) is 0 Å². The van der Waals surface area contributed by atoms with E-state index < -0.39 is 11.7 Å². The van der Waals surface area contributed by atoms with Gasteiger partial charge in [0.2, 0.25) is 0 Å². The first-order chi connectivity index (χ1) is 8.71. The van der Waals surface area contributed by atoms with Gasteiger partial charge in [-0.2, -0.15) is 13.2 Å². The van der Waals surface area contributed by atoms with E-state index in [1.807, 2.05) is 32.3 Å². The Bertz CT molecular complexity index is 594. The van der Waals surface area contributed by atoms with Crippen molar-refractivity contribution in [3.05, 3.63) is 29.6 Å². The molecule has 0 spiro atoms. The minimum atomic E-state index is -4.33. The molecule has 0 saturated carbocycles. The number of hydrogen-bond acceptors (Lipinski definition) is 1. The van der Waals surface area contributed by atoms with Crippen LogP contribution < -0.4 is 0 Å². The van der Waals surface area contributed by atoms with Crippen LogP contribution in [0.4, 0.5) is 13.2 Å². The van der Waals surface area contributed by atoms with Gasteiger partial charge in [-0.15, -0.1) is 0 Å². The Morgan fingerprint density at radius 3 is 2.21 bits per heavy atom. The van der Waals surface area contributed by atoms with Gasteiger partial charge in [-0.1, -0.05) is 13.8 Å². The minimum Gasteiger partial charge on any atom is -0.325 e. The summed E-state index contributed by atoms with van der Waals surface area (Å²) in [4.78, 5) is 4.37. The molecule has 0 atom stereocenters. The molecule has 0 aliphatic rings. The fraction of sp³-hybridized carbons (Fsp3) is 0.500. The van der Waals surface area contributed by atoms with Gasteiger partial charge in [-0.05, 0) is 32.0 Å². The Labute approximate surface area is 110 Å². The Balaban J connectivity index is 2.70. The number of fused-ring (bicyclic) bond motifs is 1. The van der Waals surface area contributed by atoms with Crippen LogP contribution in [0.25, 0.3) is 11.0 Å². The third kappa shape index (κ3) is 2.46. The van der Waals surface area contributed by atoms with Crippen molar-refractivity contribution < 1.29 is 13.2 Å². The highest BCUT2D eigenvalue weighted by Crippen LogP contribution is 2.33. The summed E-state index contributed by atoms with van der Waals surface area (Å²) in [5, 5.41) is 0. The van der Waals surface area contributed by atoms with Crippen LogP contribution in [-0.2, 0) is 6.18 Å². The quantitative estimate of drug-likeness (QED) is 0.769. The fourth-order valence-electron chi connectivity index (χ4n) is 2.24. The van der Waals surface area contributed by atoms with Gasteiger partial charge in [0.1, 0.15) is 5.82 Å². The summed E-state index contributed by atoms with van der Waals surface area (Å²) in [6.07, 6.45) is -4.33. The van der Waals surface area contributed by atoms with Crippen molar-refractivity contribution in [1.82, 2.24) is 9.55 Å². The van der Waals surface area contributed by atoms with Crippen molar-refractivity contribution in [2.75, 3.05) is 0 Å². The third-order valence-electron chi connectivity index (χ3n) is 3.08. The van der Waals surface area contributed by atoms with Crippen molar-refractivity contribution in [2.24, 2.45) is 0 Å². The molecular formula is C14H17F3N2. The zero-order valence-electron chi connectivity index (χ0n) is 11.4. The minimum absolute atomic E-state index is 0.166. The molecule has 0 aliphatic heterocycles. The molecule has 0 unspecified atom stereocenters. The molecule has 0 amide bonds. The SMILES string of the molecule is CC(C)c1nc2cc(C(F)(F)F)ccc2n1C(C)C. The molecule has 0 N–H and O–H groups in total. The molecule has 2 aromatic rings. The molecule has 19 heavy (non-hydrogen) atoms. The average molecular weight is 270 g/mol. The molecule has 0 fully saturated rings. The number of halogens is 3. The van der Waals surface area contributed by atoms with Gasteiger partial charge < -0.3 is 4.57 Å². The number of imidazole rings is 1. The van der Waals surface area contributed by atoms with Gasteiger partial charge in [0, 0.05) is 12.0 Å². The van der Waals surface area contributed by atoms with Gasteiger partial charge in [-0.25, -0.2) is 4.98 Å². The van der Waals surface area contributed by atoms with Gasteiger partial charge in [-0.3, -0.25) is 0 Å². The van der Waals surface area contributed by atoms with Crippen LogP contribution in [0.5, 0.6) is 0 Å². The van der Waals surface area contributed by atoms with E-state index >= 15 is 0 Å². The molecule has 5 heteroatoms. The Morgan fingerprint density at radius 2 is 1.74 bits per heavy atom. The van der Waals surface area contributed by atoms with E-state index in [1.54, 1.807) is 0 Å². The third-order valence-corrected chi connectivity index (χ3v) is 3.08. The van der Waals surface area contributed by atoms with Gasteiger partial charge in [0.05, 0.1) is 16.6 Å². The van der Waals surface area contributed by atoms with Crippen molar-refractivity contribution >= 4 is 11.0 Å². The smallest absolute Gasteiger partial charge is 0.325 e. The van der Waals surface area contributed by atoms with E-state index in [9.17, 15) is 13.2 Å². The van der Waals surface area contributed by atoms with E-state index in [4.69, 9.17) is 0 Å². The Morgan fingerprint density at radius 1 is 1.11 bits per heavy atom. The van der Waals surface area contributed by atoms with Crippen LogP contribution in [-0.4, -0.2) is 9.55 Å². The maximum absolute atomic E-state index is 12.7. The number of benzene rings is 1. The highest BCUT2D eigenvalue weighted by atomic mass is 19.4. The summed E-state index contributed by atoms with van der Waals surface area (Å²) < 4.78 is 40.1. The van der Waals surface area contributed by atoms with E-state index in [1.165, 1.54) is 6.07 Å². The second-order valence-electron chi connectivity index (χ2n) is 5.29. The summed E-state index contributed by atoms with van der Waals surface area (Å²) in [5.41, 5.74) is 0.516. The second-order valence-corrected chi connectivity index (χ2v) is 5.29. The van der Waals surface area contributed by atoms with E-state index in [-0.39, 0.29) is 12.0 Å². The Hall–Kier alpha value is -1.52. The van der Waals surface area contributed by atoms with Gasteiger partial charge in [0.25, 0.3) is 0 Å². The van der Waals surface area contributed by atoms with Crippen LogP contribution >= 0.6 is 0 Å². The lowest BCUT2D eigenvalue weighted by atomic mass is 10.2. The highest BCUT2D eigenvalue weighted by molar-refractivity contribution is 5.77. The maximum Gasteiger partial charge on any atom is 0.416 e. The van der Waals surface area contributed by atoms with Gasteiger partial charge >= 0.3 is 6.18 Å². The lowest BCUT2D eigenvalue weighted by Gasteiger charge is -2.15. The number of alkyl halides is 3. The van der Waals surface area contributed by atoms with Crippen LogP contribution in [0.15, 0.2) is 18.2 Å². The molecule has 0 aliphatic carbocycles. The number of aromatic nitrogens is 2. The summed E-state index contributed by atoms with van der Waals surface area (Å²) in [7, 11) is 0. The average Bonchev–Trinajstić information content (AvgIpc) is 2.65. The molecule has 1 aromatic carbocycles. The Kier molecular flexibility index (Phi) is 3.32. The number of rotatable bonds is 2. The second kappa shape index (κ2) is 4.54. The molecule has 0 radical (unpaired) electrons. The van der Waals surface area contributed by atoms with Crippen molar-refractivity contribution in [2.45, 2.75) is 45.8 Å². The molecular weight excluding hydrogens is 253 g/mol.